The Labute approximate surface area is 145 Å². The molecule has 5 nitrogen and oxygen atoms in total. The summed E-state index contributed by atoms with van der Waals surface area (Å²) in [5.74, 6) is -0.412. The van der Waals surface area contributed by atoms with Crippen molar-refractivity contribution >= 4 is 38.0 Å². The Kier molecular flexibility index (Phi) is 3.11. The molecule has 25 heavy (non-hydrogen) atoms. The first-order valence-corrected chi connectivity index (χ1v) is 8.87. The van der Waals surface area contributed by atoms with Crippen LogP contribution in [0, 0.1) is 5.82 Å². The third kappa shape index (κ3) is 2.39. The van der Waals surface area contributed by atoms with Crippen LogP contribution in [0.4, 0.5) is 15.2 Å². The molecule has 0 radical (unpaired) electrons. The fourth-order valence-corrected chi connectivity index (χ4v) is 4.12. The summed E-state index contributed by atoms with van der Waals surface area (Å²) in [5, 5.41) is 8.52. The van der Waals surface area contributed by atoms with Gasteiger partial charge in [0.15, 0.2) is 0 Å². The SMILES string of the molecule is O=c1c2ccc(F)cc2nc2sc(Nc3ccc4c(c3)CCC4)nn12. The number of halogens is 1. The second-order valence-corrected chi connectivity index (χ2v) is 7.10. The van der Waals surface area contributed by atoms with E-state index in [2.05, 4.69) is 27.5 Å². The van der Waals surface area contributed by atoms with Gasteiger partial charge >= 0.3 is 0 Å². The van der Waals surface area contributed by atoms with E-state index in [-0.39, 0.29) is 5.56 Å². The standard InChI is InChI=1S/C18H13FN4OS/c19-12-5-7-14-15(9-12)21-18-23(16(14)24)22-17(25-18)20-13-6-4-10-2-1-3-11(10)8-13/h4-9H,1-3H2,(H,20,22). The van der Waals surface area contributed by atoms with Crippen molar-refractivity contribution in [1.82, 2.24) is 14.6 Å². The maximum Gasteiger partial charge on any atom is 0.283 e. The molecule has 0 fully saturated rings. The molecule has 0 saturated heterocycles. The van der Waals surface area contributed by atoms with Gasteiger partial charge in [-0.15, -0.1) is 5.10 Å². The molecule has 0 atom stereocenters. The van der Waals surface area contributed by atoms with Crippen molar-refractivity contribution in [3.63, 3.8) is 0 Å². The lowest BCUT2D eigenvalue weighted by atomic mass is 10.1. The van der Waals surface area contributed by atoms with Gasteiger partial charge in [-0.1, -0.05) is 17.4 Å². The van der Waals surface area contributed by atoms with Gasteiger partial charge in [0.2, 0.25) is 10.1 Å². The molecule has 1 aliphatic rings. The Morgan fingerprint density at radius 2 is 2.00 bits per heavy atom. The highest BCUT2D eigenvalue weighted by Gasteiger charge is 2.14. The van der Waals surface area contributed by atoms with Gasteiger partial charge in [-0.2, -0.15) is 4.52 Å². The van der Waals surface area contributed by atoms with Crippen molar-refractivity contribution in [2.24, 2.45) is 0 Å². The van der Waals surface area contributed by atoms with Crippen LogP contribution in [0.3, 0.4) is 0 Å². The van der Waals surface area contributed by atoms with Crippen LogP contribution in [0.5, 0.6) is 0 Å². The molecule has 0 unspecified atom stereocenters. The van der Waals surface area contributed by atoms with E-state index in [0.29, 0.717) is 21.0 Å². The highest BCUT2D eigenvalue weighted by atomic mass is 32.1. The molecule has 2 heterocycles. The minimum atomic E-state index is -0.412. The number of aryl methyl sites for hydroxylation is 2. The molecule has 4 aromatic rings. The Balaban J connectivity index is 1.59. The van der Waals surface area contributed by atoms with Gasteiger partial charge in [0.1, 0.15) is 5.82 Å². The maximum atomic E-state index is 13.4. The normalized spacial score (nSPS) is 13.5. The van der Waals surface area contributed by atoms with E-state index in [4.69, 9.17) is 0 Å². The molecule has 0 aliphatic heterocycles. The van der Waals surface area contributed by atoms with Crippen LogP contribution >= 0.6 is 11.3 Å². The topological polar surface area (TPSA) is 59.3 Å². The van der Waals surface area contributed by atoms with Crippen LogP contribution in [-0.2, 0) is 12.8 Å². The average molecular weight is 352 g/mol. The minimum absolute atomic E-state index is 0.293. The molecule has 5 rings (SSSR count). The van der Waals surface area contributed by atoms with Crippen molar-refractivity contribution in [2.45, 2.75) is 19.3 Å². The second-order valence-electron chi connectivity index (χ2n) is 6.14. The summed E-state index contributed by atoms with van der Waals surface area (Å²) >= 11 is 1.27. The summed E-state index contributed by atoms with van der Waals surface area (Å²) in [7, 11) is 0. The Hall–Kier alpha value is -2.80. The number of anilines is 2. The first-order chi connectivity index (χ1) is 12.2. The van der Waals surface area contributed by atoms with Gasteiger partial charge in [-0.25, -0.2) is 9.37 Å². The van der Waals surface area contributed by atoms with E-state index in [1.54, 1.807) is 0 Å². The fraction of sp³-hybridized carbons (Fsp3) is 0.167. The Morgan fingerprint density at radius 3 is 2.92 bits per heavy atom. The number of benzene rings is 2. The third-order valence-corrected chi connectivity index (χ3v) is 5.33. The lowest BCUT2D eigenvalue weighted by Crippen LogP contribution is -2.15. The van der Waals surface area contributed by atoms with E-state index in [0.717, 1.165) is 18.5 Å². The van der Waals surface area contributed by atoms with Crippen LogP contribution < -0.4 is 10.9 Å². The molecule has 1 aliphatic carbocycles. The van der Waals surface area contributed by atoms with Crippen LogP contribution in [0.25, 0.3) is 15.9 Å². The van der Waals surface area contributed by atoms with Crippen LogP contribution in [0.1, 0.15) is 17.5 Å². The van der Waals surface area contributed by atoms with E-state index in [1.165, 1.54) is 51.6 Å². The van der Waals surface area contributed by atoms with E-state index < -0.39 is 5.82 Å². The van der Waals surface area contributed by atoms with Crippen molar-refractivity contribution in [1.29, 1.82) is 0 Å². The van der Waals surface area contributed by atoms with Crippen molar-refractivity contribution in [3.8, 4) is 0 Å². The largest absolute Gasteiger partial charge is 0.330 e. The lowest BCUT2D eigenvalue weighted by molar-refractivity contribution is 0.629. The minimum Gasteiger partial charge on any atom is -0.330 e. The summed E-state index contributed by atoms with van der Waals surface area (Å²) < 4.78 is 14.7. The zero-order chi connectivity index (χ0) is 17.0. The predicted molar refractivity (Wildman–Crippen MR) is 96.3 cm³/mol. The van der Waals surface area contributed by atoms with Gasteiger partial charge < -0.3 is 5.32 Å². The fourth-order valence-electron chi connectivity index (χ4n) is 3.31. The van der Waals surface area contributed by atoms with Crippen LogP contribution in [0.2, 0.25) is 0 Å². The van der Waals surface area contributed by atoms with Gasteiger partial charge in [-0.3, -0.25) is 4.79 Å². The summed E-state index contributed by atoms with van der Waals surface area (Å²) in [4.78, 5) is 17.3. The zero-order valence-electron chi connectivity index (χ0n) is 13.1. The van der Waals surface area contributed by atoms with Gasteiger partial charge in [0, 0.05) is 11.8 Å². The average Bonchev–Trinajstić information content (AvgIpc) is 3.21. The summed E-state index contributed by atoms with van der Waals surface area (Å²) in [6.45, 7) is 0. The van der Waals surface area contributed by atoms with Crippen LogP contribution in [-0.4, -0.2) is 14.6 Å². The first kappa shape index (κ1) is 14.5. The molecule has 2 aromatic heterocycles. The summed E-state index contributed by atoms with van der Waals surface area (Å²) in [6.07, 6.45) is 3.43. The molecule has 0 spiro atoms. The van der Waals surface area contributed by atoms with Gasteiger partial charge in [0.05, 0.1) is 10.9 Å². The van der Waals surface area contributed by atoms with Gasteiger partial charge in [-0.05, 0) is 54.7 Å². The van der Waals surface area contributed by atoms with Crippen molar-refractivity contribution in [2.75, 3.05) is 5.32 Å². The van der Waals surface area contributed by atoms with Crippen molar-refractivity contribution in [3.05, 3.63) is 63.7 Å². The molecule has 0 amide bonds. The Bertz CT molecular complexity index is 1200. The molecule has 124 valence electrons. The van der Waals surface area contributed by atoms with E-state index in [9.17, 15) is 9.18 Å². The highest BCUT2D eigenvalue weighted by Crippen LogP contribution is 2.28. The van der Waals surface area contributed by atoms with Crippen molar-refractivity contribution < 1.29 is 4.39 Å². The lowest BCUT2D eigenvalue weighted by Gasteiger charge is -2.04. The second kappa shape index (κ2) is 5.35. The number of fused-ring (bicyclic) bond motifs is 3. The number of hydrogen-bond acceptors (Lipinski definition) is 5. The number of rotatable bonds is 2. The van der Waals surface area contributed by atoms with Gasteiger partial charge in [0.25, 0.3) is 5.56 Å². The third-order valence-electron chi connectivity index (χ3n) is 4.51. The summed E-state index contributed by atoms with van der Waals surface area (Å²) in [6, 6.07) is 10.3. The molecule has 0 saturated carbocycles. The molecule has 7 heteroatoms. The summed E-state index contributed by atoms with van der Waals surface area (Å²) in [5.41, 5.74) is 3.77. The zero-order valence-corrected chi connectivity index (χ0v) is 13.9. The predicted octanol–water partition coefficient (Wildman–Crippen LogP) is 3.68. The smallest absolute Gasteiger partial charge is 0.283 e. The quantitative estimate of drug-likeness (QED) is 0.598. The molecule has 0 bridgehead atoms. The number of nitrogens with one attached hydrogen (secondary N) is 1. The molecule has 1 N–H and O–H groups in total. The van der Waals surface area contributed by atoms with E-state index in [1.807, 2.05) is 6.07 Å². The van der Waals surface area contributed by atoms with Crippen LogP contribution in [0.15, 0.2) is 41.2 Å². The first-order valence-electron chi connectivity index (χ1n) is 8.05. The maximum absolute atomic E-state index is 13.4. The monoisotopic (exact) mass is 352 g/mol. The Morgan fingerprint density at radius 1 is 1.12 bits per heavy atom. The molecular formula is C18H13FN4OS. The number of aromatic nitrogens is 3. The molecule has 2 aromatic carbocycles. The number of hydrogen-bond donors (Lipinski definition) is 1. The van der Waals surface area contributed by atoms with E-state index >= 15 is 0 Å². The number of nitrogens with zero attached hydrogens (tertiary/aromatic N) is 3. The highest BCUT2D eigenvalue weighted by molar-refractivity contribution is 7.20. The molecular weight excluding hydrogens is 339 g/mol.